The van der Waals surface area contributed by atoms with Crippen LogP contribution in [0.25, 0.3) is 9.75 Å². The van der Waals surface area contributed by atoms with Gasteiger partial charge >= 0.3 is 0 Å². The second kappa shape index (κ2) is 3.39. The van der Waals surface area contributed by atoms with Gasteiger partial charge in [0.1, 0.15) is 0 Å². The summed E-state index contributed by atoms with van der Waals surface area (Å²) in [6.45, 7) is 2.01. The molecule has 0 spiro atoms. The van der Waals surface area contributed by atoms with Crippen molar-refractivity contribution >= 4 is 45.3 Å². The van der Waals surface area contributed by atoms with E-state index in [1.807, 2.05) is 19.3 Å². The van der Waals surface area contributed by atoms with Gasteiger partial charge in [0.25, 0.3) is 0 Å². The molecular weight excluding hydrogens is 303 g/mol. The summed E-state index contributed by atoms with van der Waals surface area (Å²) in [6.07, 6.45) is 3.81. The molecule has 0 saturated heterocycles. The van der Waals surface area contributed by atoms with Gasteiger partial charge in [-0.05, 0) is 29.5 Å². The lowest BCUT2D eigenvalue weighted by Gasteiger charge is -1.83. The second-order valence-corrected chi connectivity index (χ2v) is 6.24. The van der Waals surface area contributed by atoms with Gasteiger partial charge in [-0.1, -0.05) is 0 Å². The van der Waals surface area contributed by atoms with Gasteiger partial charge < -0.3 is 0 Å². The highest BCUT2D eigenvalue weighted by atomic mass is 127. The summed E-state index contributed by atoms with van der Waals surface area (Å²) in [5.74, 6) is 0. The lowest BCUT2D eigenvalue weighted by Crippen LogP contribution is -1.59. The fourth-order valence-electron chi connectivity index (χ4n) is 0.842. The molecule has 2 nitrogen and oxygen atoms in total. The van der Waals surface area contributed by atoms with Gasteiger partial charge in [0.05, 0.1) is 14.8 Å². The average molecular weight is 308 g/mol. The standard InChI is InChI=1S/C7H5IN2S2/c1-4-9-2-5(11-4)6-3-10-7(8)12-6/h2-3H,1H3. The lowest BCUT2D eigenvalue weighted by molar-refractivity contribution is 1.30. The van der Waals surface area contributed by atoms with Crippen LogP contribution in [0.1, 0.15) is 5.01 Å². The van der Waals surface area contributed by atoms with E-state index in [0.29, 0.717) is 0 Å². The number of nitrogens with zero attached hydrogens (tertiary/aromatic N) is 2. The largest absolute Gasteiger partial charge is 0.249 e. The third-order valence-corrected chi connectivity index (χ3v) is 4.18. The van der Waals surface area contributed by atoms with Crippen molar-refractivity contribution in [2.24, 2.45) is 0 Å². The number of aryl methyl sites for hydroxylation is 1. The summed E-state index contributed by atoms with van der Waals surface area (Å²) >= 11 is 5.64. The van der Waals surface area contributed by atoms with Crippen LogP contribution in [0, 0.1) is 9.94 Å². The first kappa shape index (κ1) is 8.58. The predicted molar refractivity (Wildman–Crippen MR) is 60.7 cm³/mol. The van der Waals surface area contributed by atoms with Crippen LogP contribution in [0.2, 0.25) is 0 Å². The molecule has 12 heavy (non-hydrogen) atoms. The molecule has 0 bridgehead atoms. The van der Waals surface area contributed by atoms with E-state index < -0.39 is 0 Å². The Labute approximate surface area is 91.8 Å². The number of hydrogen-bond donors (Lipinski definition) is 0. The smallest absolute Gasteiger partial charge is 0.154 e. The van der Waals surface area contributed by atoms with Crippen molar-refractivity contribution in [1.29, 1.82) is 0 Å². The van der Waals surface area contributed by atoms with E-state index in [0.717, 1.165) is 8.02 Å². The van der Waals surface area contributed by atoms with E-state index in [9.17, 15) is 0 Å². The average Bonchev–Trinajstić information content (AvgIpc) is 2.58. The van der Waals surface area contributed by atoms with Gasteiger partial charge in [-0.2, -0.15) is 0 Å². The minimum Gasteiger partial charge on any atom is -0.249 e. The molecule has 2 heterocycles. The molecule has 0 aromatic carbocycles. The SMILES string of the molecule is Cc1ncc(-c2cnc(I)s2)s1. The van der Waals surface area contributed by atoms with Crippen LogP contribution in [0.15, 0.2) is 12.4 Å². The summed E-state index contributed by atoms with van der Waals surface area (Å²) in [6, 6.07) is 0. The van der Waals surface area contributed by atoms with Gasteiger partial charge in [0.2, 0.25) is 0 Å². The molecule has 0 unspecified atom stereocenters. The number of hydrogen-bond acceptors (Lipinski definition) is 4. The summed E-state index contributed by atoms with van der Waals surface area (Å²) in [7, 11) is 0. The van der Waals surface area contributed by atoms with Crippen molar-refractivity contribution in [3.05, 3.63) is 20.4 Å². The Balaban J connectivity index is 2.43. The van der Waals surface area contributed by atoms with Crippen molar-refractivity contribution in [2.75, 3.05) is 0 Å². The Hall–Kier alpha value is -0.0100. The number of halogens is 1. The monoisotopic (exact) mass is 308 g/mol. The summed E-state index contributed by atoms with van der Waals surface area (Å²) in [4.78, 5) is 10.8. The van der Waals surface area contributed by atoms with Crippen LogP contribution in [0.5, 0.6) is 0 Å². The van der Waals surface area contributed by atoms with Crippen molar-refractivity contribution < 1.29 is 0 Å². The van der Waals surface area contributed by atoms with E-state index in [1.165, 1.54) is 9.75 Å². The maximum absolute atomic E-state index is 4.20. The molecule has 0 radical (unpaired) electrons. The highest BCUT2D eigenvalue weighted by Crippen LogP contribution is 2.30. The summed E-state index contributed by atoms with van der Waals surface area (Å²) < 4.78 is 1.08. The topological polar surface area (TPSA) is 25.8 Å². The first-order valence-corrected chi connectivity index (χ1v) is 6.01. The molecule has 0 aliphatic rings. The van der Waals surface area contributed by atoms with Crippen LogP contribution in [0.3, 0.4) is 0 Å². The molecule has 0 saturated carbocycles. The molecule has 0 aliphatic carbocycles. The fraction of sp³-hybridized carbons (Fsp3) is 0.143. The van der Waals surface area contributed by atoms with Crippen molar-refractivity contribution in [3.63, 3.8) is 0 Å². The van der Waals surface area contributed by atoms with Crippen LogP contribution < -0.4 is 0 Å². The fourth-order valence-corrected chi connectivity index (χ4v) is 3.17. The van der Waals surface area contributed by atoms with Gasteiger partial charge in [-0.15, -0.1) is 22.7 Å². The molecule has 0 aliphatic heterocycles. The van der Waals surface area contributed by atoms with Crippen molar-refractivity contribution in [1.82, 2.24) is 9.97 Å². The van der Waals surface area contributed by atoms with Crippen molar-refractivity contribution in [3.8, 4) is 9.75 Å². The first-order valence-electron chi connectivity index (χ1n) is 3.30. The van der Waals surface area contributed by atoms with Crippen LogP contribution in [-0.2, 0) is 0 Å². The zero-order chi connectivity index (χ0) is 8.55. The van der Waals surface area contributed by atoms with E-state index >= 15 is 0 Å². The quantitative estimate of drug-likeness (QED) is 0.756. The molecule has 0 amide bonds. The Kier molecular flexibility index (Phi) is 2.42. The maximum atomic E-state index is 4.20. The summed E-state index contributed by atoms with van der Waals surface area (Å²) in [5, 5.41) is 1.11. The number of thiazole rings is 2. The zero-order valence-electron chi connectivity index (χ0n) is 6.24. The molecule has 62 valence electrons. The minimum atomic E-state index is 1.08. The van der Waals surface area contributed by atoms with Gasteiger partial charge in [-0.25, -0.2) is 9.97 Å². The Morgan fingerprint density at radius 1 is 1.17 bits per heavy atom. The van der Waals surface area contributed by atoms with Gasteiger partial charge in [0.15, 0.2) is 3.01 Å². The zero-order valence-corrected chi connectivity index (χ0v) is 10.0. The molecule has 2 aromatic heterocycles. The lowest BCUT2D eigenvalue weighted by atomic mass is 10.5. The minimum absolute atomic E-state index is 1.08. The molecule has 2 aromatic rings. The molecule has 5 heteroatoms. The third-order valence-electron chi connectivity index (χ3n) is 1.34. The Bertz CT molecular complexity index is 355. The van der Waals surface area contributed by atoms with Crippen LogP contribution in [0.4, 0.5) is 0 Å². The Morgan fingerprint density at radius 2 is 1.83 bits per heavy atom. The second-order valence-electron chi connectivity index (χ2n) is 2.22. The molecule has 2 rings (SSSR count). The normalized spacial score (nSPS) is 10.5. The van der Waals surface area contributed by atoms with E-state index in [-0.39, 0.29) is 0 Å². The van der Waals surface area contributed by atoms with Crippen molar-refractivity contribution in [2.45, 2.75) is 6.92 Å². The van der Waals surface area contributed by atoms with E-state index in [1.54, 1.807) is 22.7 Å². The predicted octanol–water partition coefficient (Wildman–Crippen LogP) is 3.18. The number of rotatable bonds is 1. The Morgan fingerprint density at radius 3 is 2.33 bits per heavy atom. The van der Waals surface area contributed by atoms with E-state index in [2.05, 4.69) is 32.6 Å². The van der Waals surface area contributed by atoms with Crippen LogP contribution >= 0.6 is 45.3 Å². The maximum Gasteiger partial charge on any atom is 0.154 e. The molecular formula is C7H5IN2S2. The third kappa shape index (κ3) is 1.67. The summed E-state index contributed by atoms with van der Waals surface area (Å²) in [5.41, 5.74) is 0. The van der Waals surface area contributed by atoms with Crippen LogP contribution in [-0.4, -0.2) is 9.97 Å². The highest BCUT2D eigenvalue weighted by molar-refractivity contribution is 14.1. The van der Waals surface area contributed by atoms with Gasteiger partial charge in [-0.3, -0.25) is 0 Å². The number of aromatic nitrogens is 2. The van der Waals surface area contributed by atoms with Gasteiger partial charge in [0, 0.05) is 12.4 Å². The van der Waals surface area contributed by atoms with E-state index in [4.69, 9.17) is 0 Å². The highest BCUT2D eigenvalue weighted by Gasteiger charge is 2.04. The molecule has 0 N–H and O–H groups in total. The molecule has 0 fully saturated rings. The molecule has 0 atom stereocenters. The first-order chi connectivity index (χ1) is 5.75.